The van der Waals surface area contributed by atoms with Gasteiger partial charge in [0, 0.05) is 33.3 Å². The molecule has 0 aliphatic heterocycles. The van der Waals surface area contributed by atoms with Crippen LogP contribution in [0.2, 0.25) is 0 Å². The summed E-state index contributed by atoms with van der Waals surface area (Å²) in [4.78, 5) is 0. The number of halogens is 1. The molecule has 0 aromatic rings. The predicted octanol–water partition coefficient (Wildman–Crippen LogP) is -1.50. The molecule has 0 bridgehead atoms. The van der Waals surface area contributed by atoms with Crippen LogP contribution in [0.1, 0.15) is 6.92 Å². The van der Waals surface area contributed by atoms with E-state index in [1.165, 1.54) is 6.92 Å². The Balaban J connectivity index is 0. The van der Waals surface area contributed by atoms with Gasteiger partial charge in [-0.15, -0.1) is 12.4 Å². The van der Waals surface area contributed by atoms with Gasteiger partial charge in [-0.1, -0.05) is 0 Å². The van der Waals surface area contributed by atoms with Gasteiger partial charge in [-0.25, -0.2) is 26.3 Å². The normalized spacial score (nSPS) is 12.1. The van der Waals surface area contributed by atoms with Crippen LogP contribution in [-0.2, 0) is 24.8 Å². The third kappa shape index (κ3) is 13.0. The Morgan fingerprint density at radius 3 is 2.05 bits per heavy atom. The van der Waals surface area contributed by atoms with Crippen LogP contribution in [0.3, 0.4) is 0 Å². The molecule has 0 radical (unpaired) electrons. The number of hydrogen-bond donors (Lipinski definition) is 3. The molecule has 0 saturated heterocycles. The summed E-state index contributed by atoms with van der Waals surface area (Å²) in [6.45, 7) is 3.32. The van der Waals surface area contributed by atoms with Gasteiger partial charge in [0.2, 0.25) is 20.0 Å². The van der Waals surface area contributed by atoms with Crippen molar-refractivity contribution in [2.24, 2.45) is 0 Å². The molecule has 0 spiro atoms. The Kier molecular flexibility index (Phi) is 13.0. The minimum absolute atomic E-state index is 0. The van der Waals surface area contributed by atoms with Crippen molar-refractivity contribution in [2.45, 2.75) is 6.92 Å². The molecule has 11 heteroatoms. The van der Waals surface area contributed by atoms with Crippen molar-refractivity contribution in [3.05, 3.63) is 0 Å². The quantitative estimate of drug-likeness (QED) is 0.368. The Morgan fingerprint density at radius 1 is 0.900 bits per heavy atom. The molecule has 0 heterocycles. The molecule has 0 atom stereocenters. The van der Waals surface area contributed by atoms with Crippen molar-refractivity contribution < 1.29 is 21.6 Å². The molecular weight excluding hydrogens is 330 g/mol. The van der Waals surface area contributed by atoms with Crippen molar-refractivity contribution in [3.63, 3.8) is 0 Å². The maximum absolute atomic E-state index is 11.5. The third-order valence-corrected chi connectivity index (χ3v) is 4.97. The molecule has 0 fully saturated rings. The summed E-state index contributed by atoms with van der Waals surface area (Å²) in [6, 6.07) is 0. The molecule has 20 heavy (non-hydrogen) atoms. The minimum atomic E-state index is -3.45. The number of rotatable bonds is 12. The van der Waals surface area contributed by atoms with Crippen molar-refractivity contribution >= 4 is 32.5 Å². The lowest BCUT2D eigenvalue weighted by molar-refractivity contribution is 0.199. The topological polar surface area (TPSA) is 114 Å². The van der Waals surface area contributed by atoms with E-state index in [1.54, 1.807) is 7.11 Å². The van der Waals surface area contributed by atoms with Gasteiger partial charge in [-0.2, -0.15) is 0 Å². The van der Waals surface area contributed by atoms with Crippen molar-refractivity contribution in [3.8, 4) is 0 Å². The summed E-state index contributed by atoms with van der Waals surface area (Å²) in [7, 11) is -5.21. The molecule has 8 nitrogen and oxygen atoms in total. The second-order valence-corrected chi connectivity index (χ2v) is 7.78. The predicted molar refractivity (Wildman–Crippen MR) is 81.2 cm³/mol. The van der Waals surface area contributed by atoms with Crippen molar-refractivity contribution in [1.29, 1.82) is 0 Å². The number of sulfonamides is 2. The first-order valence-electron chi connectivity index (χ1n) is 5.97. The maximum atomic E-state index is 11.5. The highest BCUT2D eigenvalue weighted by Gasteiger charge is 2.12. The fraction of sp³-hybridized carbons (Fsp3) is 1.00. The second-order valence-electron chi connectivity index (χ2n) is 3.75. The van der Waals surface area contributed by atoms with E-state index in [0.29, 0.717) is 19.7 Å². The first-order chi connectivity index (χ1) is 8.83. The van der Waals surface area contributed by atoms with Gasteiger partial charge in [-0.05, 0) is 6.92 Å². The molecule has 3 N–H and O–H groups in total. The van der Waals surface area contributed by atoms with Crippen LogP contribution in [-0.4, -0.2) is 68.2 Å². The lowest BCUT2D eigenvalue weighted by Gasteiger charge is -2.08. The fourth-order valence-corrected chi connectivity index (χ4v) is 2.77. The monoisotopic (exact) mass is 353 g/mol. The molecule has 0 aromatic carbocycles. The van der Waals surface area contributed by atoms with Crippen molar-refractivity contribution in [1.82, 2.24) is 14.8 Å². The van der Waals surface area contributed by atoms with Crippen molar-refractivity contribution in [2.75, 3.05) is 51.4 Å². The van der Waals surface area contributed by atoms with Gasteiger partial charge in [0.15, 0.2) is 0 Å². The van der Waals surface area contributed by atoms with E-state index in [2.05, 4.69) is 14.8 Å². The summed E-state index contributed by atoms with van der Waals surface area (Å²) in [5.74, 6) is -0.339. The molecule has 0 aliphatic carbocycles. The summed E-state index contributed by atoms with van der Waals surface area (Å²) in [5, 5.41) is 2.98. The van der Waals surface area contributed by atoms with Crippen LogP contribution in [0.4, 0.5) is 0 Å². The molecule has 0 amide bonds. The van der Waals surface area contributed by atoms with Crippen LogP contribution in [0, 0.1) is 0 Å². The number of methoxy groups -OCH3 is 1. The van der Waals surface area contributed by atoms with Crippen LogP contribution < -0.4 is 14.8 Å². The Bertz CT molecular complexity index is 427. The average Bonchev–Trinajstić information content (AvgIpc) is 2.33. The Morgan fingerprint density at radius 2 is 1.50 bits per heavy atom. The maximum Gasteiger partial charge on any atom is 0.212 e. The fourth-order valence-electron chi connectivity index (χ4n) is 1.10. The zero-order valence-corrected chi connectivity index (χ0v) is 14.2. The second kappa shape index (κ2) is 11.7. The molecular formula is C9H24ClN3O5S2. The summed E-state index contributed by atoms with van der Waals surface area (Å²) in [5.41, 5.74) is 0. The summed E-state index contributed by atoms with van der Waals surface area (Å²) in [6.07, 6.45) is 0. The lowest BCUT2D eigenvalue weighted by atomic mass is 10.6. The first kappa shape index (κ1) is 22.3. The van der Waals surface area contributed by atoms with Gasteiger partial charge in [0.05, 0.1) is 18.1 Å². The highest BCUT2D eigenvalue weighted by Crippen LogP contribution is 1.85. The van der Waals surface area contributed by atoms with Gasteiger partial charge >= 0.3 is 0 Å². The van der Waals surface area contributed by atoms with Gasteiger partial charge < -0.3 is 10.1 Å². The van der Waals surface area contributed by atoms with E-state index < -0.39 is 20.0 Å². The van der Waals surface area contributed by atoms with Gasteiger partial charge in [0.1, 0.15) is 0 Å². The van der Waals surface area contributed by atoms with Gasteiger partial charge in [-0.3, -0.25) is 0 Å². The van der Waals surface area contributed by atoms with E-state index in [4.69, 9.17) is 4.74 Å². The molecule has 0 aliphatic rings. The zero-order valence-electron chi connectivity index (χ0n) is 11.7. The smallest absolute Gasteiger partial charge is 0.212 e. The standard InChI is InChI=1S/C9H23N3O5S2.ClH/c1-3-18(13,14)12-7-9-19(15,16)11-5-4-10-6-8-17-2;/h10-12H,3-9H2,1-2H3;1H. The highest BCUT2D eigenvalue weighted by atomic mass is 35.5. The van der Waals surface area contributed by atoms with Crippen LogP contribution in [0.15, 0.2) is 0 Å². The molecule has 0 unspecified atom stereocenters. The van der Waals surface area contributed by atoms with Gasteiger partial charge in [0.25, 0.3) is 0 Å². The minimum Gasteiger partial charge on any atom is -0.383 e. The molecule has 0 saturated carbocycles. The third-order valence-electron chi connectivity index (χ3n) is 2.18. The number of ether oxygens (including phenoxy) is 1. The highest BCUT2D eigenvalue weighted by molar-refractivity contribution is 7.90. The largest absolute Gasteiger partial charge is 0.383 e. The van der Waals surface area contributed by atoms with Crippen LogP contribution in [0.25, 0.3) is 0 Å². The van der Waals surface area contributed by atoms with E-state index in [1.807, 2.05) is 0 Å². The Labute approximate surface area is 127 Å². The lowest BCUT2D eigenvalue weighted by Crippen LogP contribution is -2.38. The van der Waals surface area contributed by atoms with E-state index in [-0.39, 0.29) is 37.0 Å². The van der Waals surface area contributed by atoms with Crippen LogP contribution >= 0.6 is 12.4 Å². The van der Waals surface area contributed by atoms with E-state index in [9.17, 15) is 16.8 Å². The molecule has 0 rings (SSSR count). The average molecular weight is 354 g/mol. The molecule has 124 valence electrons. The zero-order chi connectivity index (χ0) is 14.8. The number of nitrogens with one attached hydrogen (secondary N) is 3. The summed E-state index contributed by atoms with van der Waals surface area (Å²) >= 11 is 0. The molecule has 0 aromatic heterocycles. The van der Waals surface area contributed by atoms with Crippen LogP contribution in [0.5, 0.6) is 0 Å². The summed E-state index contributed by atoms with van der Waals surface area (Å²) < 4.78 is 54.6. The van der Waals surface area contributed by atoms with E-state index in [0.717, 1.165) is 0 Å². The Hall–Kier alpha value is 0.0300. The SMILES string of the molecule is CCS(=O)(=O)NCCS(=O)(=O)NCCNCCOC.Cl. The van der Waals surface area contributed by atoms with E-state index >= 15 is 0 Å². The first-order valence-corrected chi connectivity index (χ1v) is 9.28. The number of hydrogen-bond acceptors (Lipinski definition) is 6.